The molecule has 5 heteroatoms. The molecule has 1 aromatic rings. The molecule has 2 heterocycles. The Morgan fingerprint density at radius 2 is 1.79 bits per heavy atom. The Morgan fingerprint density at radius 3 is 2.42 bits per heavy atom. The van der Waals surface area contributed by atoms with Crippen molar-refractivity contribution in [1.29, 1.82) is 0 Å². The lowest BCUT2D eigenvalue weighted by Crippen LogP contribution is -2.76. The number of amides is 3. The predicted molar refractivity (Wildman–Crippen MR) is 68.4 cm³/mol. The van der Waals surface area contributed by atoms with E-state index in [0.29, 0.717) is 0 Å². The summed E-state index contributed by atoms with van der Waals surface area (Å²) in [5, 5.41) is 0. The summed E-state index contributed by atoms with van der Waals surface area (Å²) in [6.07, 6.45) is -0.238. The van der Waals surface area contributed by atoms with Crippen LogP contribution in [0.4, 0.5) is 4.79 Å². The number of carbonyl (C=O) groups excluding carboxylic acids is 2. The minimum absolute atomic E-state index is 0.238. The largest absolute Gasteiger partial charge is 0.353 e. The van der Waals surface area contributed by atoms with Crippen molar-refractivity contribution in [3.05, 3.63) is 35.9 Å². The highest BCUT2D eigenvalue weighted by molar-refractivity contribution is 6.02. The topological polar surface area (TPSA) is 49.9 Å². The quantitative estimate of drug-likeness (QED) is 0.767. The molecule has 0 bridgehead atoms. The van der Waals surface area contributed by atoms with Crippen LogP contribution in [-0.2, 0) is 9.53 Å². The molecule has 2 aliphatic heterocycles. The third-order valence-corrected chi connectivity index (χ3v) is 4.09. The van der Waals surface area contributed by atoms with E-state index in [0.717, 1.165) is 10.5 Å². The molecule has 19 heavy (non-hydrogen) atoms. The average Bonchev–Trinajstić information content (AvgIpc) is 2.41. The molecule has 0 unspecified atom stereocenters. The highest BCUT2D eigenvalue weighted by Gasteiger charge is 2.65. The van der Waals surface area contributed by atoms with E-state index in [-0.39, 0.29) is 24.1 Å². The van der Waals surface area contributed by atoms with E-state index in [1.807, 2.05) is 30.3 Å². The molecular weight excluding hydrogens is 244 g/mol. The fourth-order valence-electron chi connectivity index (χ4n) is 3.03. The van der Waals surface area contributed by atoms with Gasteiger partial charge in [0.2, 0.25) is 0 Å². The average molecular weight is 260 g/mol. The summed E-state index contributed by atoms with van der Waals surface area (Å²) < 4.78 is 5.83. The van der Waals surface area contributed by atoms with Crippen LogP contribution < -0.4 is 0 Å². The number of likely N-dealkylation sites (N-methyl/N-ethyl adjacent to an activating group) is 2. The molecule has 0 radical (unpaired) electrons. The van der Waals surface area contributed by atoms with Gasteiger partial charge in [-0.15, -0.1) is 0 Å². The fourth-order valence-corrected chi connectivity index (χ4v) is 3.03. The zero-order chi connectivity index (χ0) is 13.8. The second-order valence-corrected chi connectivity index (χ2v) is 5.26. The fraction of sp³-hybridized carbons (Fsp3) is 0.429. The van der Waals surface area contributed by atoms with Crippen LogP contribution in [0.25, 0.3) is 0 Å². The van der Waals surface area contributed by atoms with Crippen LogP contribution in [0.5, 0.6) is 0 Å². The predicted octanol–water partition coefficient (Wildman–Crippen LogP) is 1.41. The third-order valence-electron chi connectivity index (χ3n) is 4.09. The van der Waals surface area contributed by atoms with Crippen molar-refractivity contribution in [2.75, 3.05) is 14.1 Å². The van der Waals surface area contributed by atoms with Crippen LogP contribution in [-0.4, -0.2) is 47.5 Å². The Bertz CT molecular complexity index is 545. The Balaban J connectivity index is 1.96. The van der Waals surface area contributed by atoms with Crippen molar-refractivity contribution in [3.8, 4) is 0 Å². The highest BCUT2D eigenvalue weighted by Crippen LogP contribution is 2.49. The molecule has 0 spiro atoms. The molecule has 0 saturated carbocycles. The van der Waals surface area contributed by atoms with Crippen molar-refractivity contribution in [3.63, 3.8) is 0 Å². The number of imide groups is 1. The van der Waals surface area contributed by atoms with Gasteiger partial charge in [0.25, 0.3) is 5.91 Å². The first-order valence-corrected chi connectivity index (χ1v) is 6.24. The molecule has 2 saturated heterocycles. The first kappa shape index (κ1) is 12.2. The first-order valence-electron chi connectivity index (χ1n) is 6.24. The van der Waals surface area contributed by atoms with E-state index >= 15 is 0 Å². The second kappa shape index (κ2) is 3.81. The van der Waals surface area contributed by atoms with Crippen LogP contribution in [0.2, 0.25) is 0 Å². The van der Waals surface area contributed by atoms with Crippen LogP contribution in [0.1, 0.15) is 18.6 Å². The van der Waals surface area contributed by atoms with Gasteiger partial charge < -0.3 is 9.64 Å². The minimum atomic E-state index is -0.933. The molecule has 3 rings (SSSR count). The first-order chi connectivity index (χ1) is 8.97. The molecule has 0 N–H and O–H groups in total. The number of hydrogen-bond acceptors (Lipinski definition) is 3. The maximum atomic E-state index is 12.2. The summed E-state index contributed by atoms with van der Waals surface area (Å²) in [5.41, 5.74) is 0.0553. The van der Waals surface area contributed by atoms with Gasteiger partial charge >= 0.3 is 6.03 Å². The van der Waals surface area contributed by atoms with E-state index in [4.69, 9.17) is 4.74 Å². The molecular formula is C14H16N2O3. The van der Waals surface area contributed by atoms with Crippen molar-refractivity contribution in [2.45, 2.75) is 24.7 Å². The number of nitrogens with zero attached hydrogens (tertiary/aromatic N) is 2. The normalized spacial score (nSPS) is 34.1. The third kappa shape index (κ3) is 1.45. The van der Waals surface area contributed by atoms with E-state index in [1.165, 1.54) is 7.05 Å². The summed E-state index contributed by atoms with van der Waals surface area (Å²) in [5.74, 6) is -0.271. The Morgan fingerprint density at radius 1 is 1.16 bits per heavy atom. The summed E-state index contributed by atoms with van der Waals surface area (Å²) in [6, 6.07) is 9.15. The number of fused-ring (bicyclic) bond motifs is 1. The number of urea groups is 1. The smallest absolute Gasteiger partial charge is 0.326 e. The van der Waals surface area contributed by atoms with Crippen molar-refractivity contribution >= 4 is 11.9 Å². The number of rotatable bonds is 1. The second-order valence-electron chi connectivity index (χ2n) is 5.26. The molecule has 100 valence electrons. The van der Waals surface area contributed by atoms with Crippen LogP contribution in [0.15, 0.2) is 30.3 Å². The molecule has 1 aromatic carbocycles. The van der Waals surface area contributed by atoms with Gasteiger partial charge in [-0.2, -0.15) is 0 Å². The highest BCUT2D eigenvalue weighted by atomic mass is 16.6. The molecule has 3 atom stereocenters. The van der Waals surface area contributed by atoms with E-state index in [2.05, 4.69) is 0 Å². The number of carbonyl (C=O) groups is 2. The molecule has 2 aliphatic rings. The van der Waals surface area contributed by atoms with Gasteiger partial charge in [-0.25, -0.2) is 4.79 Å². The van der Waals surface area contributed by atoms with Gasteiger partial charge in [-0.3, -0.25) is 9.69 Å². The number of ether oxygens (including phenoxy) is 1. The Hall–Kier alpha value is -1.88. The Labute approximate surface area is 111 Å². The number of benzene rings is 1. The minimum Gasteiger partial charge on any atom is -0.353 e. The SMILES string of the molecule is CN1C(=O)N(C)[C@H]2[C@H](c3ccccc3)O[C@@]2(C)C1=O. The molecule has 0 aromatic heterocycles. The number of hydrogen-bond donors (Lipinski definition) is 0. The van der Waals surface area contributed by atoms with Crippen LogP contribution >= 0.6 is 0 Å². The lowest BCUT2D eigenvalue weighted by Gasteiger charge is -2.58. The summed E-state index contributed by atoms with van der Waals surface area (Å²) in [6.45, 7) is 1.75. The summed E-state index contributed by atoms with van der Waals surface area (Å²) in [7, 11) is 3.20. The van der Waals surface area contributed by atoms with E-state index < -0.39 is 5.60 Å². The monoisotopic (exact) mass is 260 g/mol. The lowest BCUT2D eigenvalue weighted by atomic mass is 9.78. The van der Waals surface area contributed by atoms with Gasteiger partial charge in [0.15, 0.2) is 5.60 Å². The van der Waals surface area contributed by atoms with E-state index in [1.54, 1.807) is 18.9 Å². The molecule has 5 nitrogen and oxygen atoms in total. The summed E-state index contributed by atoms with van der Waals surface area (Å²) >= 11 is 0. The van der Waals surface area contributed by atoms with Crippen LogP contribution in [0, 0.1) is 0 Å². The van der Waals surface area contributed by atoms with Gasteiger partial charge in [0, 0.05) is 14.1 Å². The molecule has 2 fully saturated rings. The van der Waals surface area contributed by atoms with Gasteiger partial charge in [-0.05, 0) is 12.5 Å². The van der Waals surface area contributed by atoms with Crippen molar-refractivity contribution < 1.29 is 14.3 Å². The molecule has 3 amide bonds. The Kier molecular flexibility index (Phi) is 2.44. The van der Waals surface area contributed by atoms with Crippen molar-refractivity contribution in [1.82, 2.24) is 9.80 Å². The van der Waals surface area contributed by atoms with Gasteiger partial charge in [0.1, 0.15) is 12.1 Å². The van der Waals surface area contributed by atoms with Gasteiger partial charge in [0.05, 0.1) is 0 Å². The van der Waals surface area contributed by atoms with Gasteiger partial charge in [-0.1, -0.05) is 30.3 Å². The standard InChI is InChI=1S/C14H16N2O3/c1-14-11(15(2)13(18)16(3)12(14)17)10(19-14)9-7-5-4-6-8-9/h4-8,10-11H,1-3H3/t10-,11-,14+/m0/s1. The summed E-state index contributed by atoms with van der Waals surface area (Å²) in [4.78, 5) is 26.9. The molecule has 0 aliphatic carbocycles. The van der Waals surface area contributed by atoms with E-state index in [9.17, 15) is 9.59 Å². The maximum absolute atomic E-state index is 12.2. The zero-order valence-corrected chi connectivity index (χ0v) is 11.2. The lowest BCUT2D eigenvalue weighted by molar-refractivity contribution is -0.255. The van der Waals surface area contributed by atoms with Crippen LogP contribution in [0.3, 0.4) is 0 Å². The van der Waals surface area contributed by atoms with Crippen molar-refractivity contribution in [2.24, 2.45) is 0 Å². The zero-order valence-electron chi connectivity index (χ0n) is 11.2. The maximum Gasteiger partial charge on any atom is 0.326 e.